The van der Waals surface area contributed by atoms with Gasteiger partial charge in [0.25, 0.3) is 0 Å². The first kappa shape index (κ1) is 67.5. The van der Waals surface area contributed by atoms with Crippen molar-refractivity contribution in [2.24, 2.45) is 0 Å². The lowest BCUT2D eigenvalue weighted by Gasteiger charge is -2.51. The minimum atomic E-state index is -1.54. The van der Waals surface area contributed by atoms with Crippen LogP contribution in [0.3, 0.4) is 0 Å². The molecule has 0 bridgehead atoms. The molecule has 0 saturated carbocycles. The summed E-state index contributed by atoms with van der Waals surface area (Å²) in [7, 11) is 0. The van der Waals surface area contributed by atoms with Crippen LogP contribution in [0.25, 0.3) is 0 Å². The van der Waals surface area contributed by atoms with Crippen molar-refractivity contribution < 1.29 is 85.5 Å². The molecule has 0 aliphatic carbocycles. The first-order chi connectivity index (χ1) is 42.8. The zero-order valence-electron chi connectivity index (χ0n) is 51.3. The SMILES string of the molecule is CCCCCCCCO[C@H]1O[C@H](COCc2ccccc2)[C@@H](OCc2ccccc2)[C@H](OCc2ccccc2)[C@@H]1O[C@@H]1O[C@H](COCc2ccccc2)[C@@H](O[C@@H]2O[C@H](C)[C@H](OC(C)=O)[C@H](OC(C)=O)[C@H]2OC(C)=O)[C@H](OCc2ccccc2)[C@H]1NC(C)=O. The minimum absolute atomic E-state index is 0.00886. The van der Waals surface area contributed by atoms with Crippen molar-refractivity contribution in [3.05, 3.63) is 179 Å². The Kier molecular flexibility index (Phi) is 27.3. The first-order valence-corrected chi connectivity index (χ1v) is 30.7. The van der Waals surface area contributed by atoms with Gasteiger partial charge in [0.15, 0.2) is 37.2 Å². The van der Waals surface area contributed by atoms with Gasteiger partial charge in [-0.15, -0.1) is 0 Å². The predicted molar refractivity (Wildman–Crippen MR) is 322 cm³/mol. The van der Waals surface area contributed by atoms with Gasteiger partial charge in [-0.25, -0.2) is 0 Å². The minimum Gasteiger partial charge on any atom is -0.456 e. The van der Waals surface area contributed by atoms with Crippen LogP contribution in [0.2, 0.25) is 0 Å². The number of benzene rings is 5. The van der Waals surface area contributed by atoms with Gasteiger partial charge in [-0.2, -0.15) is 0 Å². The zero-order chi connectivity index (χ0) is 62.0. The Bertz CT molecular complexity index is 2820. The van der Waals surface area contributed by atoms with Crippen molar-refractivity contribution in [2.75, 3.05) is 19.8 Å². The molecule has 3 aliphatic rings. The zero-order valence-corrected chi connectivity index (χ0v) is 51.3. The molecule has 476 valence electrons. The molecule has 0 aromatic heterocycles. The summed E-state index contributed by atoms with van der Waals surface area (Å²) >= 11 is 0. The monoisotopic (exact) mass is 1220 g/mol. The summed E-state index contributed by atoms with van der Waals surface area (Å²) in [4.78, 5) is 52.4. The Labute approximate surface area is 517 Å². The second kappa shape index (κ2) is 35.7. The highest BCUT2D eigenvalue weighted by molar-refractivity contribution is 5.73. The van der Waals surface area contributed by atoms with Gasteiger partial charge in [0, 0.05) is 34.3 Å². The van der Waals surface area contributed by atoms with E-state index >= 15 is 0 Å². The number of hydrogen-bond donors (Lipinski definition) is 1. The molecule has 3 saturated heterocycles. The highest BCUT2D eigenvalue weighted by Crippen LogP contribution is 2.38. The predicted octanol–water partition coefficient (Wildman–Crippen LogP) is 9.82. The number of hydrogen-bond acceptors (Lipinski definition) is 18. The van der Waals surface area contributed by atoms with Gasteiger partial charge in [0.1, 0.15) is 48.8 Å². The number of ether oxygens (including phenoxy) is 14. The maximum atomic E-state index is 13.9. The standard InChI is InChI=1S/C69H87NO18/c1-7-8-9-10-11-27-38-77-68-65(63(80-43-55-36-25-16-26-37-55)60(78-41-53-32-21-14-22-33-53)56(86-68)44-75-39-51-28-17-12-18-29-51)88-67-58(70-47(3)71)62(79-42-54-34-23-15-24-35-54)61(57(85-67)45-76-40-52-30-19-13-20-31-52)87-69-66(84-50(6)74)64(83-49(5)73)59(46(2)81-69)82-48(4)72/h12-26,28-37,46,56-69H,7-11,27,38-45H2,1-6H3,(H,70,71)/t46-,56-,57-,58-,59+,60-,61-,62-,63+,64+,65+,66-,67+,68+,69+/m1/s1. The quantitative estimate of drug-likeness (QED) is 0.0235. The summed E-state index contributed by atoms with van der Waals surface area (Å²) in [6.07, 6.45) is -10.5. The number of carbonyl (C=O) groups excluding carboxylic acids is 4. The molecule has 8 rings (SSSR count). The fraction of sp³-hybridized carbons (Fsp3) is 0.507. The van der Waals surface area contributed by atoms with Crippen molar-refractivity contribution in [1.29, 1.82) is 0 Å². The van der Waals surface area contributed by atoms with Gasteiger partial charge in [-0.05, 0) is 41.2 Å². The summed E-state index contributed by atoms with van der Waals surface area (Å²) in [5, 5.41) is 3.11. The number of nitrogens with one attached hydrogen (secondary N) is 1. The Hall–Kier alpha value is -6.46. The summed E-state index contributed by atoms with van der Waals surface area (Å²) in [5.41, 5.74) is 4.41. The van der Waals surface area contributed by atoms with Crippen molar-refractivity contribution in [3.8, 4) is 0 Å². The van der Waals surface area contributed by atoms with Crippen LogP contribution >= 0.6 is 0 Å². The average Bonchev–Trinajstić information content (AvgIpc) is 1.66. The summed E-state index contributed by atoms with van der Waals surface area (Å²) in [6.45, 7) is 9.68. The van der Waals surface area contributed by atoms with Gasteiger partial charge in [-0.3, -0.25) is 19.2 Å². The number of amides is 1. The molecule has 19 heteroatoms. The normalized spacial score (nSPS) is 27.0. The Balaban J connectivity index is 1.23. The van der Waals surface area contributed by atoms with Crippen LogP contribution in [0, 0.1) is 0 Å². The van der Waals surface area contributed by atoms with E-state index < -0.39 is 116 Å². The van der Waals surface area contributed by atoms with Crippen LogP contribution in [-0.4, -0.2) is 136 Å². The molecule has 15 atom stereocenters. The van der Waals surface area contributed by atoms with Crippen molar-refractivity contribution in [1.82, 2.24) is 5.32 Å². The van der Waals surface area contributed by atoms with Gasteiger partial charge in [0.2, 0.25) is 5.91 Å². The molecule has 0 spiro atoms. The van der Waals surface area contributed by atoms with Gasteiger partial charge in [-0.1, -0.05) is 191 Å². The van der Waals surface area contributed by atoms with Crippen LogP contribution in [0.1, 0.15) is 108 Å². The van der Waals surface area contributed by atoms with Crippen LogP contribution in [0.15, 0.2) is 152 Å². The highest BCUT2D eigenvalue weighted by Gasteiger charge is 2.58. The molecule has 88 heavy (non-hydrogen) atoms. The summed E-state index contributed by atoms with van der Waals surface area (Å²) in [5.74, 6) is -2.69. The molecule has 3 fully saturated rings. The molecule has 0 radical (unpaired) electrons. The number of unbranched alkanes of at least 4 members (excludes halogenated alkanes) is 5. The number of esters is 3. The molecule has 3 aliphatic heterocycles. The highest BCUT2D eigenvalue weighted by atomic mass is 16.8. The fourth-order valence-corrected chi connectivity index (χ4v) is 11.1. The topological polar surface area (TPSA) is 210 Å². The van der Waals surface area contributed by atoms with E-state index in [0.717, 1.165) is 66.3 Å². The molecule has 1 amide bonds. The molecule has 5 aromatic rings. The summed E-state index contributed by atoms with van der Waals surface area (Å²) in [6, 6.07) is 47.2. The third-order valence-electron chi connectivity index (χ3n) is 15.2. The van der Waals surface area contributed by atoms with Crippen LogP contribution in [-0.2, 0) is 119 Å². The molecule has 1 N–H and O–H groups in total. The van der Waals surface area contributed by atoms with Crippen LogP contribution in [0.5, 0.6) is 0 Å². The molecular formula is C69H87NO18. The Morgan fingerprint density at radius 3 is 1.30 bits per heavy atom. The largest absolute Gasteiger partial charge is 0.456 e. The molecule has 19 nitrogen and oxygen atoms in total. The van der Waals surface area contributed by atoms with E-state index in [4.69, 9.17) is 66.3 Å². The van der Waals surface area contributed by atoms with Crippen molar-refractivity contribution >= 4 is 23.8 Å². The second-order valence-electron chi connectivity index (χ2n) is 22.4. The van der Waals surface area contributed by atoms with Gasteiger partial charge >= 0.3 is 17.9 Å². The smallest absolute Gasteiger partial charge is 0.303 e. The van der Waals surface area contributed by atoms with E-state index in [0.29, 0.717) is 13.2 Å². The first-order valence-electron chi connectivity index (χ1n) is 30.7. The third-order valence-corrected chi connectivity index (χ3v) is 15.2. The van der Waals surface area contributed by atoms with Crippen molar-refractivity contribution in [3.63, 3.8) is 0 Å². The van der Waals surface area contributed by atoms with Gasteiger partial charge in [0.05, 0.1) is 52.4 Å². The molecule has 0 unspecified atom stereocenters. The van der Waals surface area contributed by atoms with E-state index in [-0.39, 0.29) is 39.6 Å². The third kappa shape index (κ3) is 20.8. The molecule has 3 heterocycles. The molecular weight excluding hydrogens is 1130 g/mol. The van der Waals surface area contributed by atoms with Gasteiger partial charge < -0.3 is 71.6 Å². The van der Waals surface area contributed by atoms with E-state index in [2.05, 4.69) is 12.2 Å². The average molecular weight is 1220 g/mol. The maximum Gasteiger partial charge on any atom is 0.303 e. The second-order valence-corrected chi connectivity index (χ2v) is 22.4. The number of rotatable bonds is 33. The lowest BCUT2D eigenvalue weighted by atomic mass is 9.94. The van der Waals surface area contributed by atoms with E-state index in [1.54, 1.807) is 6.92 Å². The van der Waals surface area contributed by atoms with E-state index in [9.17, 15) is 19.2 Å². The van der Waals surface area contributed by atoms with Crippen LogP contribution < -0.4 is 5.32 Å². The van der Waals surface area contributed by atoms with E-state index in [1.165, 1.54) is 27.7 Å². The lowest BCUT2D eigenvalue weighted by Crippen LogP contribution is -2.70. The fourth-order valence-electron chi connectivity index (χ4n) is 11.1. The molecule has 5 aromatic carbocycles. The lowest BCUT2D eigenvalue weighted by molar-refractivity contribution is -0.379. The van der Waals surface area contributed by atoms with Crippen molar-refractivity contribution in [2.45, 2.75) is 205 Å². The maximum absolute atomic E-state index is 13.9. The summed E-state index contributed by atoms with van der Waals surface area (Å²) < 4.78 is 93.8. The van der Waals surface area contributed by atoms with E-state index in [1.807, 2.05) is 152 Å². The van der Waals surface area contributed by atoms with Crippen LogP contribution in [0.4, 0.5) is 0 Å². The number of carbonyl (C=O) groups is 4. The Morgan fingerprint density at radius 1 is 0.398 bits per heavy atom. The Morgan fingerprint density at radius 2 is 0.807 bits per heavy atom.